The number of carbonyl (C=O) groups excluding carboxylic acids is 2. The lowest BCUT2D eigenvalue weighted by Gasteiger charge is -2.37. The second-order valence-electron chi connectivity index (χ2n) is 5.95. The van der Waals surface area contributed by atoms with Crippen LogP contribution in [0.25, 0.3) is 0 Å². The average Bonchev–Trinajstić information content (AvgIpc) is 2.41. The van der Waals surface area contributed by atoms with Crippen LogP contribution in [0.5, 0.6) is 0 Å². The summed E-state index contributed by atoms with van der Waals surface area (Å²) in [6, 6.07) is 0.382. The summed E-state index contributed by atoms with van der Waals surface area (Å²) in [5.41, 5.74) is 5.20. The normalized spacial score (nSPS) is 25.6. The van der Waals surface area contributed by atoms with Gasteiger partial charge in [-0.25, -0.2) is 0 Å². The molecule has 2 fully saturated rings. The van der Waals surface area contributed by atoms with Crippen molar-refractivity contribution in [3.05, 3.63) is 0 Å². The Morgan fingerprint density at radius 3 is 2.15 bits per heavy atom. The highest BCUT2D eigenvalue weighted by Gasteiger charge is 2.26. The fourth-order valence-corrected chi connectivity index (χ4v) is 3.08. The van der Waals surface area contributed by atoms with Crippen LogP contribution in [0.15, 0.2) is 0 Å². The Morgan fingerprint density at radius 1 is 1.00 bits per heavy atom. The predicted molar refractivity (Wildman–Crippen MR) is 77.1 cm³/mol. The van der Waals surface area contributed by atoms with Gasteiger partial charge in [-0.1, -0.05) is 0 Å². The van der Waals surface area contributed by atoms with Gasteiger partial charge in [0.2, 0.25) is 11.8 Å². The lowest BCUT2D eigenvalue weighted by Crippen LogP contribution is -2.53. The van der Waals surface area contributed by atoms with E-state index in [0.29, 0.717) is 19.1 Å². The fourth-order valence-electron chi connectivity index (χ4n) is 3.08. The minimum Gasteiger partial charge on any atom is -0.369 e. The van der Waals surface area contributed by atoms with E-state index in [9.17, 15) is 9.59 Å². The molecule has 0 aromatic heterocycles. The Kier molecular flexibility index (Phi) is 5.37. The van der Waals surface area contributed by atoms with E-state index < -0.39 is 0 Å². The number of carbonyl (C=O) groups is 2. The molecule has 0 aromatic carbocycles. The van der Waals surface area contributed by atoms with E-state index in [1.165, 1.54) is 6.42 Å². The molecule has 6 heteroatoms. The van der Waals surface area contributed by atoms with Crippen LogP contribution in [0, 0.1) is 0 Å². The van der Waals surface area contributed by atoms with Gasteiger partial charge in [0.05, 0.1) is 13.1 Å². The molecule has 20 heavy (non-hydrogen) atoms. The van der Waals surface area contributed by atoms with Crippen molar-refractivity contribution >= 4 is 11.8 Å². The Labute approximate surface area is 120 Å². The van der Waals surface area contributed by atoms with E-state index in [-0.39, 0.29) is 11.8 Å². The SMILES string of the molecule is CC1CCCCN1C(=O)CN1CCN(CC(N)=O)CC1. The third-order valence-corrected chi connectivity index (χ3v) is 4.33. The van der Waals surface area contributed by atoms with Crippen molar-refractivity contribution in [2.24, 2.45) is 5.73 Å². The van der Waals surface area contributed by atoms with Crippen LogP contribution in [0.3, 0.4) is 0 Å². The van der Waals surface area contributed by atoms with Crippen molar-refractivity contribution in [3.63, 3.8) is 0 Å². The van der Waals surface area contributed by atoms with Gasteiger partial charge in [0.1, 0.15) is 0 Å². The molecule has 2 aliphatic heterocycles. The van der Waals surface area contributed by atoms with E-state index >= 15 is 0 Å². The van der Waals surface area contributed by atoms with Crippen molar-refractivity contribution in [3.8, 4) is 0 Å². The molecule has 0 aromatic rings. The molecule has 0 bridgehead atoms. The summed E-state index contributed by atoms with van der Waals surface area (Å²) in [7, 11) is 0. The van der Waals surface area contributed by atoms with Crippen LogP contribution in [0.4, 0.5) is 0 Å². The molecule has 2 N–H and O–H groups in total. The molecule has 0 radical (unpaired) electrons. The average molecular weight is 282 g/mol. The maximum absolute atomic E-state index is 12.3. The van der Waals surface area contributed by atoms with Crippen molar-refractivity contribution in [2.75, 3.05) is 45.8 Å². The number of rotatable bonds is 4. The van der Waals surface area contributed by atoms with Gasteiger partial charge in [0.15, 0.2) is 0 Å². The zero-order valence-corrected chi connectivity index (χ0v) is 12.4. The molecule has 2 rings (SSSR count). The first kappa shape index (κ1) is 15.3. The third-order valence-electron chi connectivity index (χ3n) is 4.33. The van der Waals surface area contributed by atoms with E-state index in [2.05, 4.69) is 11.8 Å². The zero-order chi connectivity index (χ0) is 14.5. The van der Waals surface area contributed by atoms with Gasteiger partial charge in [0.25, 0.3) is 0 Å². The summed E-state index contributed by atoms with van der Waals surface area (Å²) in [4.78, 5) is 29.5. The molecule has 2 saturated heterocycles. The van der Waals surface area contributed by atoms with E-state index in [1.807, 2.05) is 9.80 Å². The lowest BCUT2D eigenvalue weighted by atomic mass is 10.0. The van der Waals surface area contributed by atoms with Gasteiger partial charge in [-0.3, -0.25) is 19.4 Å². The number of primary amides is 1. The summed E-state index contributed by atoms with van der Waals surface area (Å²) in [5.74, 6) is -0.0304. The number of piperidine rings is 1. The lowest BCUT2D eigenvalue weighted by molar-refractivity contribution is -0.136. The minimum atomic E-state index is -0.281. The molecule has 1 atom stereocenters. The van der Waals surface area contributed by atoms with Crippen LogP contribution in [-0.2, 0) is 9.59 Å². The number of amides is 2. The molecule has 0 aliphatic carbocycles. The van der Waals surface area contributed by atoms with Gasteiger partial charge >= 0.3 is 0 Å². The molecule has 6 nitrogen and oxygen atoms in total. The van der Waals surface area contributed by atoms with Gasteiger partial charge in [-0.2, -0.15) is 0 Å². The highest BCUT2D eigenvalue weighted by atomic mass is 16.2. The molecule has 114 valence electrons. The van der Waals surface area contributed by atoms with Gasteiger partial charge in [-0.15, -0.1) is 0 Å². The molecule has 2 amide bonds. The van der Waals surface area contributed by atoms with Crippen molar-refractivity contribution in [2.45, 2.75) is 32.2 Å². The first-order valence-corrected chi connectivity index (χ1v) is 7.59. The van der Waals surface area contributed by atoms with Gasteiger partial charge in [-0.05, 0) is 26.2 Å². The molecule has 2 aliphatic rings. The fraction of sp³-hybridized carbons (Fsp3) is 0.857. The van der Waals surface area contributed by atoms with E-state index in [4.69, 9.17) is 5.73 Å². The third kappa shape index (κ3) is 4.18. The zero-order valence-electron chi connectivity index (χ0n) is 12.4. The Bertz CT molecular complexity index is 353. The molecular formula is C14H26N4O2. The second kappa shape index (κ2) is 7.04. The van der Waals surface area contributed by atoms with Crippen LogP contribution in [-0.4, -0.2) is 78.4 Å². The van der Waals surface area contributed by atoms with Crippen LogP contribution < -0.4 is 5.73 Å². The van der Waals surface area contributed by atoms with E-state index in [0.717, 1.165) is 45.6 Å². The second-order valence-corrected chi connectivity index (χ2v) is 5.95. The van der Waals surface area contributed by atoms with Crippen molar-refractivity contribution in [1.82, 2.24) is 14.7 Å². The van der Waals surface area contributed by atoms with Crippen molar-refractivity contribution < 1.29 is 9.59 Å². The summed E-state index contributed by atoms with van der Waals surface area (Å²) >= 11 is 0. The monoisotopic (exact) mass is 282 g/mol. The Morgan fingerprint density at radius 2 is 1.60 bits per heavy atom. The number of nitrogens with zero attached hydrogens (tertiary/aromatic N) is 3. The largest absolute Gasteiger partial charge is 0.369 e. The molecule has 1 unspecified atom stereocenters. The standard InChI is InChI=1S/C14H26N4O2/c1-12-4-2-3-5-18(12)14(20)11-17-8-6-16(7-9-17)10-13(15)19/h12H,2-11H2,1H3,(H2,15,19). The Hall–Kier alpha value is -1.14. The van der Waals surface area contributed by atoms with Crippen LogP contribution in [0.2, 0.25) is 0 Å². The van der Waals surface area contributed by atoms with Crippen LogP contribution >= 0.6 is 0 Å². The summed E-state index contributed by atoms with van der Waals surface area (Å²) in [6.07, 6.45) is 3.48. The van der Waals surface area contributed by atoms with Crippen molar-refractivity contribution in [1.29, 1.82) is 0 Å². The Balaban J connectivity index is 1.74. The molecule has 2 heterocycles. The number of hydrogen-bond acceptors (Lipinski definition) is 4. The van der Waals surface area contributed by atoms with Gasteiger partial charge < -0.3 is 10.6 Å². The topological polar surface area (TPSA) is 69.9 Å². The first-order chi connectivity index (χ1) is 9.56. The molecule has 0 saturated carbocycles. The number of piperazine rings is 1. The smallest absolute Gasteiger partial charge is 0.236 e. The molecule has 0 spiro atoms. The minimum absolute atomic E-state index is 0.251. The highest BCUT2D eigenvalue weighted by Crippen LogP contribution is 2.16. The quantitative estimate of drug-likeness (QED) is 0.754. The number of likely N-dealkylation sites (tertiary alicyclic amines) is 1. The number of nitrogens with two attached hydrogens (primary N) is 1. The molecular weight excluding hydrogens is 256 g/mol. The van der Waals surface area contributed by atoms with Gasteiger partial charge in [0, 0.05) is 38.8 Å². The first-order valence-electron chi connectivity index (χ1n) is 7.59. The predicted octanol–water partition coefficient (Wildman–Crippen LogP) is -0.510. The summed E-state index contributed by atoms with van der Waals surface area (Å²) in [5, 5.41) is 0. The summed E-state index contributed by atoms with van der Waals surface area (Å²) in [6.45, 7) is 7.17. The number of hydrogen-bond donors (Lipinski definition) is 1. The summed E-state index contributed by atoms with van der Waals surface area (Å²) < 4.78 is 0. The maximum Gasteiger partial charge on any atom is 0.236 e. The van der Waals surface area contributed by atoms with Crippen LogP contribution in [0.1, 0.15) is 26.2 Å². The van der Waals surface area contributed by atoms with E-state index in [1.54, 1.807) is 0 Å². The highest BCUT2D eigenvalue weighted by molar-refractivity contribution is 5.78. The maximum atomic E-state index is 12.3.